The molecular formula is C25H36N2O5S. The van der Waals surface area contributed by atoms with E-state index in [4.69, 9.17) is 9.47 Å². The van der Waals surface area contributed by atoms with E-state index < -0.39 is 27.4 Å². The fourth-order valence-corrected chi connectivity index (χ4v) is 5.37. The molecule has 7 nitrogen and oxygen atoms in total. The number of ether oxygens (including phenoxy) is 2. The highest BCUT2D eigenvalue weighted by Gasteiger charge is 2.44. The predicted octanol–water partition coefficient (Wildman–Crippen LogP) is 3.80. The lowest BCUT2D eigenvalue weighted by atomic mass is 9.86. The number of carbonyl (C=O) groups excluding carboxylic acids is 1. The quantitative estimate of drug-likeness (QED) is 0.459. The maximum absolute atomic E-state index is 13.8. The van der Waals surface area contributed by atoms with Gasteiger partial charge in [-0.1, -0.05) is 57.2 Å². The molecule has 0 spiro atoms. The zero-order valence-corrected chi connectivity index (χ0v) is 21.3. The van der Waals surface area contributed by atoms with Crippen molar-refractivity contribution in [2.75, 3.05) is 34.3 Å². The van der Waals surface area contributed by atoms with Gasteiger partial charge < -0.3 is 14.4 Å². The highest BCUT2D eigenvalue weighted by atomic mass is 32.2. The molecule has 0 fully saturated rings. The molecule has 0 saturated carbocycles. The molecule has 182 valence electrons. The van der Waals surface area contributed by atoms with Crippen LogP contribution in [0.5, 0.6) is 5.75 Å². The van der Waals surface area contributed by atoms with E-state index in [9.17, 15) is 13.2 Å². The van der Waals surface area contributed by atoms with Gasteiger partial charge in [-0.05, 0) is 50.2 Å². The van der Waals surface area contributed by atoms with Crippen molar-refractivity contribution >= 4 is 16.0 Å². The van der Waals surface area contributed by atoms with Crippen LogP contribution >= 0.6 is 0 Å². The molecule has 2 aromatic carbocycles. The van der Waals surface area contributed by atoms with Crippen LogP contribution in [0, 0.1) is 5.41 Å². The van der Waals surface area contributed by atoms with Crippen LogP contribution in [0.4, 0.5) is 0 Å². The summed E-state index contributed by atoms with van der Waals surface area (Å²) in [7, 11) is 1.33. The lowest BCUT2D eigenvalue weighted by molar-refractivity contribution is -0.153. The Morgan fingerprint density at radius 3 is 2.24 bits per heavy atom. The molecule has 0 heterocycles. The summed E-state index contributed by atoms with van der Waals surface area (Å²) < 4.78 is 39.7. The Balaban J connectivity index is 2.43. The van der Waals surface area contributed by atoms with E-state index in [1.54, 1.807) is 12.1 Å². The Morgan fingerprint density at radius 2 is 1.67 bits per heavy atom. The Morgan fingerprint density at radius 1 is 1.00 bits per heavy atom. The van der Waals surface area contributed by atoms with Gasteiger partial charge in [0.25, 0.3) is 0 Å². The Bertz CT molecular complexity index is 1000. The number of carbonyl (C=O) groups is 1. The first-order valence-electron chi connectivity index (χ1n) is 11.0. The average molecular weight is 477 g/mol. The summed E-state index contributed by atoms with van der Waals surface area (Å²) in [6.45, 7) is 6.49. The normalized spacial score (nSPS) is 13.2. The van der Waals surface area contributed by atoms with Crippen molar-refractivity contribution in [2.24, 2.45) is 5.41 Å². The third-order valence-corrected chi connectivity index (χ3v) is 7.05. The molecule has 0 N–H and O–H groups in total. The van der Waals surface area contributed by atoms with Gasteiger partial charge in [0.15, 0.2) is 0 Å². The Labute approximate surface area is 198 Å². The maximum atomic E-state index is 13.8. The molecule has 0 bridgehead atoms. The number of hydrogen-bond acceptors (Lipinski definition) is 6. The van der Waals surface area contributed by atoms with Gasteiger partial charge in [-0.2, -0.15) is 4.31 Å². The van der Waals surface area contributed by atoms with Gasteiger partial charge in [-0.25, -0.2) is 8.42 Å². The molecule has 0 aromatic heterocycles. The first kappa shape index (κ1) is 26.8. The van der Waals surface area contributed by atoms with E-state index in [-0.39, 0.29) is 18.0 Å². The molecule has 2 aromatic rings. The molecular weight excluding hydrogens is 440 g/mol. The van der Waals surface area contributed by atoms with Gasteiger partial charge in [0.1, 0.15) is 18.4 Å². The molecule has 8 heteroatoms. The molecule has 33 heavy (non-hydrogen) atoms. The molecule has 0 unspecified atom stereocenters. The van der Waals surface area contributed by atoms with Crippen molar-refractivity contribution in [1.82, 2.24) is 9.21 Å². The van der Waals surface area contributed by atoms with Crippen LogP contribution in [0.2, 0.25) is 0 Å². The number of sulfonamides is 1. The van der Waals surface area contributed by atoms with E-state index in [1.807, 2.05) is 70.1 Å². The molecule has 0 amide bonds. The first-order valence-corrected chi connectivity index (χ1v) is 12.4. The smallest absolute Gasteiger partial charge is 0.325 e. The Kier molecular flexibility index (Phi) is 9.46. The number of methoxy groups -OCH3 is 1. The summed E-state index contributed by atoms with van der Waals surface area (Å²) in [6, 6.07) is 14.7. The summed E-state index contributed by atoms with van der Waals surface area (Å²) >= 11 is 0. The number of benzene rings is 2. The van der Waals surface area contributed by atoms with Gasteiger partial charge in [0.2, 0.25) is 10.0 Å². The zero-order chi connectivity index (χ0) is 24.6. The average Bonchev–Trinajstić information content (AvgIpc) is 2.76. The molecule has 0 aliphatic carbocycles. The van der Waals surface area contributed by atoms with Crippen LogP contribution in [0.3, 0.4) is 0 Å². The molecule has 1 atom stereocenters. The summed E-state index contributed by atoms with van der Waals surface area (Å²) in [5.74, 6) is -0.133. The topological polar surface area (TPSA) is 76.2 Å². The number of nitrogens with zero attached hydrogens (tertiary/aromatic N) is 2. The van der Waals surface area contributed by atoms with Crippen molar-refractivity contribution in [3.8, 4) is 5.75 Å². The van der Waals surface area contributed by atoms with Crippen LogP contribution in [-0.2, 0) is 26.2 Å². The first-order chi connectivity index (χ1) is 15.5. The minimum Gasteiger partial charge on any atom is -0.497 e. The van der Waals surface area contributed by atoms with Gasteiger partial charge in [0, 0.05) is 12.6 Å². The van der Waals surface area contributed by atoms with Gasteiger partial charge in [-0.15, -0.1) is 0 Å². The largest absolute Gasteiger partial charge is 0.497 e. The van der Waals surface area contributed by atoms with Gasteiger partial charge in [-0.3, -0.25) is 4.79 Å². The van der Waals surface area contributed by atoms with Crippen molar-refractivity contribution in [3.63, 3.8) is 0 Å². The summed E-state index contributed by atoms with van der Waals surface area (Å²) in [5.41, 5.74) is 0.144. The summed E-state index contributed by atoms with van der Waals surface area (Å²) in [4.78, 5) is 15.4. The Hall–Kier alpha value is -2.42. The highest BCUT2D eigenvalue weighted by molar-refractivity contribution is 7.89. The van der Waals surface area contributed by atoms with Crippen molar-refractivity contribution in [2.45, 2.75) is 44.7 Å². The third-order valence-electron chi connectivity index (χ3n) is 5.19. The number of hydrogen-bond donors (Lipinski definition) is 0. The second-order valence-electron chi connectivity index (χ2n) is 9.31. The van der Waals surface area contributed by atoms with E-state index in [1.165, 1.54) is 23.5 Å². The molecule has 0 aliphatic rings. The predicted molar refractivity (Wildman–Crippen MR) is 130 cm³/mol. The second kappa shape index (κ2) is 11.6. The monoisotopic (exact) mass is 476 g/mol. The van der Waals surface area contributed by atoms with E-state index >= 15 is 0 Å². The van der Waals surface area contributed by atoms with Gasteiger partial charge in [0.05, 0.1) is 12.0 Å². The maximum Gasteiger partial charge on any atom is 0.325 e. The lowest BCUT2D eigenvalue weighted by Gasteiger charge is -2.37. The molecule has 0 saturated heterocycles. The number of rotatable bonds is 11. The second-order valence-corrected chi connectivity index (χ2v) is 11.2. The van der Waals surface area contributed by atoms with Crippen molar-refractivity contribution < 1.29 is 22.7 Å². The fraction of sp³-hybridized carbons (Fsp3) is 0.480. The molecule has 0 aliphatic heterocycles. The van der Waals surface area contributed by atoms with Crippen LogP contribution in [0.25, 0.3) is 0 Å². The molecule has 2 rings (SSSR count). The SMILES string of the molecule is COc1cccc(S(=O)(=O)N(CCCN(C)C)[C@@H](C(=O)OCc2ccccc2)C(C)(C)C)c1. The van der Waals surface area contributed by atoms with E-state index in [0.29, 0.717) is 18.7 Å². The minimum atomic E-state index is -4.01. The third kappa shape index (κ3) is 7.55. The standard InChI is InChI=1S/C25H36N2O5S/c1-25(2,3)23(24(28)32-19-20-12-8-7-9-13-20)27(17-11-16-26(4)5)33(29,30)22-15-10-14-21(18-22)31-6/h7-10,12-15,18,23H,11,16-17,19H2,1-6H3/t23-/m0/s1. The van der Waals surface area contributed by atoms with E-state index in [0.717, 1.165) is 5.56 Å². The number of esters is 1. The van der Waals surface area contributed by atoms with Crippen LogP contribution < -0.4 is 4.74 Å². The van der Waals surface area contributed by atoms with Crippen molar-refractivity contribution in [1.29, 1.82) is 0 Å². The van der Waals surface area contributed by atoms with Crippen LogP contribution in [-0.4, -0.2) is 63.9 Å². The van der Waals surface area contributed by atoms with Crippen LogP contribution in [0.1, 0.15) is 32.8 Å². The zero-order valence-electron chi connectivity index (χ0n) is 20.4. The molecule has 0 radical (unpaired) electrons. The lowest BCUT2D eigenvalue weighted by Crippen LogP contribution is -2.53. The van der Waals surface area contributed by atoms with E-state index in [2.05, 4.69) is 0 Å². The van der Waals surface area contributed by atoms with Crippen molar-refractivity contribution in [3.05, 3.63) is 60.2 Å². The van der Waals surface area contributed by atoms with Crippen LogP contribution in [0.15, 0.2) is 59.5 Å². The summed E-state index contributed by atoms with van der Waals surface area (Å²) in [5, 5.41) is 0. The minimum absolute atomic E-state index is 0.0804. The van der Waals surface area contributed by atoms with Gasteiger partial charge >= 0.3 is 5.97 Å². The fourth-order valence-electron chi connectivity index (χ4n) is 3.54. The highest BCUT2D eigenvalue weighted by Crippen LogP contribution is 2.32. The summed E-state index contributed by atoms with van der Waals surface area (Å²) in [6.07, 6.45) is 0.564.